The van der Waals surface area contributed by atoms with Crippen LogP contribution in [0.3, 0.4) is 0 Å². The van der Waals surface area contributed by atoms with Crippen LogP contribution in [0.4, 0.5) is 26.3 Å². The molecule has 0 aliphatic heterocycles. The van der Waals surface area contributed by atoms with Crippen LogP contribution >= 0.6 is 0 Å². The zero-order valence-electron chi connectivity index (χ0n) is 19.8. The number of carbonyl (C=O) groups is 1. The number of benzene rings is 1. The molecule has 0 aliphatic rings. The fraction of sp³-hybridized carbons (Fsp3) is 0.560. The Morgan fingerprint density at radius 2 is 1.50 bits per heavy atom. The number of alkyl halides is 6. The van der Waals surface area contributed by atoms with Gasteiger partial charge in [0.2, 0.25) is 5.91 Å². The normalized spacial score (nSPS) is 13.1. The highest BCUT2D eigenvalue weighted by molar-refractivity contribution is 5.88. The van der Waals surface area contributed by atoms with E-state index in [2.05, 4.69) is 5.32 Å². The summed E-state index contributed by atoms with van der Waals surface area (Å²) in [6.07, 6.45) is 0.552. The van der Waals surface area contributed by atoms with Gasteiger partial charge in [-0.1, -0.05) is 45.3 Å². The molecule has 0 unspecified atom stereocenters. The first-order valence-corrected chi connectivity index (χ1v) is 11.3. The first-order valence-electron chi connectivity index (χ1n) is 11.3. The van der Waals surface area contributed by atoms with Gasteiger partial charge in [-0.15, -0.1) is 0 Å². The van der Waals surface area contributed by atoms with Crippen molar-refractivity contribution in [1.29, 1.82) is 0 Å². The molecule has 1 aromatic carbocycles. The van der Waals surface area contributed by atoms with Gasteiger partial charge in [-0.25, -0.2) is 0 Å². The van der Waals surface area contributed by atoms with Crippen LogP contribution in [-0.2, 0) is 17.1 Å². The molecule has 0 aliphatic carbocycles. The Labute approximate surface area is 197 Å². The predicted octanol–water partition coefficient (Wildman–Crippen LogP) is 7.72. The zero-order chi connectivity index (χ0) is 25.8. The number of carbonyl (C=O) groups excluding carboxylic acids is 1. The molecular formula is C25H33F6NO2. The van der Waals surface area contributed by atoms with Gasteiger partial charge in [-0.05, 0) is 55.9 Å². The third-order valence-corrected chi connectivity index (χ3v) is 4.77. The molecule has 34 heavy (non-hydrogen) atoms. The molecule has 0 fully saturated rings. The summed E-state index contributed by atoms with van der Waals surface area (Å²) in [7, 11) is 0. The number of allylic oxidation sites excluding steroid dienone is 3. The van der Waals surface area contributed by atoms with Gasteiger partial charge in [0.1, 0.15) is 5.75 Å². The highest BCUT2D eigenvalue weighted by atomic mass is 19.4. The monoisotopic (exact) mass is 493 g/mol. The molecule has 0 bridgehead atoms. The second kappa shape index (κ2) is 14.1. The van der Waals surface area contributed by atoms with Crippen molar-refractivity contribution < 1.29 is 35.9 Å². The van der Waals surface area contributed by atoms with E-state index >= 15 is 0 Å². The van der Waals surface area contributed by atoms with Crippen molar-refractivity contribution in [2.75, 3.05) is 13.2 Å². The van der Waals surface area contributed by atoms with E-state index in [1.54, 1.807) is 6.08 Å². The predicted molar refractivity (Wildman–Crippen MR) is 120 cm³/mol. The molecule has 0 atom stereocenters. The minimum Gasteiger partial charge on any atom is -0.494 e. The molecule has 0 heterocycles. The summed E-state index contributed by atoms with van der Waals surface area (Å²) in [6, 6.07) is 1.26. The van der Waals surface area contributed by atoms with Crippen molar-refractivity contribution in [3.05, 3.63) is 53.1 Å². The Kier molecular flexibility index (Phi) is 12.2. The summed E-state index contributed by atoms with van der Waals surface area (Å²) < 4.78 is 82.3. The van der Waals surface area contributed by atoms with Crippen molar-refractivity contribution in [2.24, 2.45) is 5.92 Å². The molecule has 1 aromatic rings. The lowest BCUT2D eigenvalue weighted by Gasteiger charge is -2.14. The van der Waals surface area contributed by atoms with Crippen LogP contribution in [0.5, 0.6) is 5.75 Å². The van der Waals surface area contributed by atoms with Gasteiger partial charge in [0, 0.05) is 12.6 Å². The molecule has 0 radical (unpaired) electrons. The van der Waals surface area contributed by atoms with E-state index in [9.17, 15) is 31.1 Å². The molecule has 0 aromatic heterocycles. The van der Waals surface area contributed by atoms with Gasteiger partial charge in [-0.2, -0.15) is 26.3 Å². The summed E-state index contributed by atoms with van der Waals surface area (Å²) in [4.78, 5) is 11.7. The average Bonchev–Trinajstić information content (AvgIpc) is 2.72. The molecule has 1 N–H and O–H groups in total. The summed E-state index contributed by atoms with van der Waals surface area (Å²) in [5.41, 5.74) is -1.90. The summed E-state index contributed by atoms with van der Waals surface area (Å²) in [5, 5.41) is 2.82. The smallest absolute Gasteiger partial charge is 0.416 e. The van der Waals surface area contributed by atoms with Gasteiger partial charge in [0.05, 0.1) is 17.7 Å². The Bertz CT molecular complexity index is 793. The topological polar surface area (TPSA) is 38.3 Å². The SMILES string of the molecule is CC(C=CCCCCCCCOc1cc(C(F)(F)F)cc(C(F)(F)F)c1)=CC(=O)NCC(C)C. The van der Waals surface area contributed by atoms with Crippen molar-refractivity contribution in [3.63, 3.8) is 0 Å². The minimum atomic E-state index is -4.89. The van der Waals surface area contributed by atoms with Gasteiger partial charge in [0.25, 0.3) is 0 Å². The summed E-state index contributed by atoms with van der Waals surface area (Å²) in [5.74, 6) is -0.158. The highest BCUT2D eigenvalue weighted by Crippen LogP contribution is 2.38. The fourth-order valence-corrected chi connectivity index (χ4v) is 2.97. The van der Waals surface area contributed by atoms with E-state index in [0.29, 0.717) is 31.0 Å². The molecule has 1 rings (SSSR count). The van der Waals surface area contributed by atoms with Gasteiger partial charge >= 0.3 is 12.4 Å². The van der Waals surface area contributed by atoms with Crippen molar-refractivity contribution >= 4 is 5.91 Å². The van der Waals surface area contributed by atoms with E-state index in [1.165, 1.54) is 0 Å². The number of nitrogens with one attached hydrogen (secondary N) is 1. The van der Waals surface area contributed by atoms with Crippen molar-refractivity contribution in [2.45, 2.75) is 71.6 Å². The number of halogens is 6. The van der Waals surface area contributed by atoms with Crippen LogP contribution in [0.15, 0.2) is 42.0 Å². The van der Waals surface area contributed by atoms with E-state index in [1.807, 2.05) is 32.9 Å². The Balaban J connectivity index is 2.30. The number of hydrogen-bond donors (Lipinski definition) is 1. The van der Waals surface area contributed by atoms with Crippen LogP contribution in [-0.4, -0.2) is 19.1 Å². The van der Waals surface area contributed by atoms with Gasteiger partial charge in [0.15, 0.2) is 0 Å². The number of unbranched alkanes of at least 4 members (excludes halogenated alkanes) is 5. The van der Waals surface area contributed by atoms with E-state index in [-0.39, 0.29) is 18.6 Å². The first-order chi connectivity index (χ1) is 15.8. The standard InChI is InChI=1S/C25H33F6NO2/c1-18(2)17-32-23(33)13-19(3)11-9-7-5-4-6-8-10-12-34-22-15-20(24(26,27)28)14-21(16-22)25(29,30)31/h9,11,13-16,18H,4-8,10,12,17H2,1-3H3,(H,32,33). The molecular weight excluding hydrogens is 460 g/mol. The zero-order valence-corrected chi connectivity index (χ0v) is 19.8. The lowest BCUT2D eigenvalue weighted by molar-refractivity contribution is -0.143. The molecule has 0 spiro atoms. The third-order valence-electron chi connectivity index (χ3n) is 4.77. The number of amides is 1. The van der Waals surface area contributed by atoms with Crippen LogP contribution in [0, 0.1) is 5.92 Å². The Morgan fingerprint density at radius 3 is 2.06 bits per heavy atom. The largest absolute Gasteiger partial charge is 0.494 e. The number of ether oxygens (including phenoxy) is 1. The number of rotatable bonds is 13. The second-order valence-electron chi connectivity index (χ2n) is 8.58. The van der Waals surface area contributed by atoms with Crippen molar-refractivity contribution in [1.82, 2.24) is 5.32 Å². The van der Waals surface area contributed by atoms with Crippen molar-refractivity contribution in [3.8, 4) is 5.75 Å². The molecule has 0 saturated heterocycles. The maximum atomic E-state index is 12.9. The first kappa shape index (κ1) is 29.6. The summed E-state index contributed by atoms with van der Waals surface area (Å²) in [6.45, 7) is 6.57. The molecule has 3 nitrogen and oxygen atoms in total. The molecule has 192 valence electrons. The van der Waals surface area contributed by atoms with Crippen LogP contribution < -0.4 is 10.1 Å². The van der Waals surface area contributed by atoms with E-state index in [4.69, 9.17) is 4.74 Å². The maximum absolute atomic E-state index is 12.9. The Hall–Kier alpha value is -2.45. The van der Waals surface area contributed by atoms with Crippen LogP contribution in [0.1, 0.15) is 70.4 Å². The molecule has 0 saturated carbocycles. The average molecular weight is 494 g/mol. The fourth-order valence-electron chi connectivity index (χ4n) is 2.97. The highest BCUT2D eigenvalue weighted by Gasteiger charge is 2.37. The Morgan fingerprint density at radius 1 is 0.941 bits per heavy atom. The van der Waals surface area contributed by atoms with Gasteiger partial charge < -0.3 is 10.1 Å². The third kappa shape index (κ3) is 12.7. The minimum absolute atomic E-state index is 0.0430. The quantitative estimate of drug-likeness (QED) is 0.132. The second-order valence-corrected chi connectivity index (χ2v) is 8.58. The lowest BCUT2D eigenvalue weighted by atomic mass is 10.1. The van der Waals surface area contributed by atoms with Crippen LogP contribution in [0.25, 0.3) is 0 Å². The lowest BCUT2D eigenvalue weighted by Crippen LogP contribution is -2.25. The molecule has 9 heteroatoms. The maximum Gasteiger partial charge on any atom is 0.416 e. The van der Waals surface area contributed by atoms with Gasteiger partial charge in [-0.3, -0.25) is 4.79 Å². The van der Waals surface area contributed by atoms with E-state index < -0.39 is 29.2 Å². The number of hydrogen-bond acceptors (Lipinski definition) is 2. The van der Waals surface area contributed by atoms with E-state index in [0.717, 1.165) is 37.7 Å². The summed E-state index contributed by atoms with van der Waals surface area (Å²) >= 11 is 0. The molecule has 1 amide bonds. The van der Waals surface area contributed by atoms with Crippen LogP contribution in [0.2, 0.25) is 0 Å².